The lowest BCUT2D eigenvalue weighted by atomic mass is 10.2. The van der Waals surface area contributed by atoms with Gasteiger partial charge in [0, 0.05) is 18.9 Å². The fourth-order valence-electron chi connectivity index (χ4n) is 1.54. The molecule has 0 fully saturated rings. The Bertz CT molecular complexity index is 525. The van der Waals surface area contributed by atoms with Gasteiger partial charge >= 0.3 is 0 Å². The molecule has 0 aliphatic carbocycles. The Hall–Kier alpha value is -1.61. The molecule has 2 aromatic rings. The fourth-order valence-corrected chi connectivity index (χ4v) is 1.69. The van der Waals surface area contributed by atoms with Gasteiger partial charge in [0.05, 0.1) is 5.02 Å². The average Bonchev–Trinajstić information content (AvgIpc) is 2.29. The molecule has 0 atom stereocenters. The molecule has 0 unspecified atom stereocenters. The van der Waals surface area contributed by atoms with Crippen LogP contribution < -0.4 is 4.90 Å². The molecule has 2 nitrogen and oxygen atoms in total. The molecule has 1 aromatic carbocycles. The fraction of sp³-hybridized carbons (Fsp3) is 0.154. The normalized spacial score (nSPS) is 10.4. The smallest absolute Gasteiger partial charge is 0.169 e. The molecule has 0 N–H and O–H groups in total. The van der Waals surface area contributed by atoms with Gasteiger partial charge in [-0.25, -0.2) is 9.37 Å². The summed E-state index contributed by atoms with van der Waals surface area (Å²) in [4.78, 5) is 5.68. The molecule has 0 amide bonds. The quantitative estimate of drug-likeness (QED) is 0.802. The zero-order valence-electron chi connectivity index (χ0n) is 9.61. The Morgan fingerprint density at radius 1 is 1.24 bits per heavy atom. The molecule has 0 aliphatic rings. The molecule has 0 saturated carbocycles. The zero-order chi connectivity index (χ0) is 12.4. The van der Waals surface area contributed by atoms with Gasteiger partial charge in [-0.15, -0.1) is 0 Å². The Balaban J connectivity index is 2.36. The van der Waals surface area contributed by atoms with Gasteiger partial charge in [-0.2, -0.15) is 0 Å². The van der Waals surface area contributed by atoms with Crippen molar-refractivity contribution in [3.8, 4) is 0 Å². The first-order chi connectivity index (χ1) is 8.08. The summed E-state index contributed by atoms with van der Waals surface area (Å²) in [6.07, 6.45) is 1.44. The lowest BCUT2D eigenvalue weighted by Crippen LogP contribution is -2.12. The molecule has 0 radical (unpaired) electrons. The van der Waals surface area contributed by atoms with E-state index in [1.54, 1.807) is 11.9 Å². The van der Waals surface area contributed by atoms with Crippen LogP contribution in [0.15, 0.2) is 36.5 Å². The number of aromatic nitrogens is 1. The van der Waals surface area contributed by atoms with E-state index in [1.165, 1.54) is 12.3 Å². The molecule has 4 heteroatoms. The molecular formula is C13H12ClFN2. The van der Waals surface area contributed by atoms with Crippen molar-refractivity contribution in [2.24, 2.45) is 0 Å². The molecule has 17 heavy (non-hydrogen) atoms. The highest BCUT2D eigenvalue weighted by Crippen LogP contribution is 2.25. The van der Waals surface area contributed by atoms with Gasteiger partial charge in [0.2, 0.25) is 0 Å². The van der Waals surface area contributed by atoms with Crippen LogP contribution >= 0.6 is 11.6 Å². The van der Waals surface area contributed by atoms with Gasteiger partial charge in [0.1, 0.15) is 0 Å². The SMILES string of the molecule is Cc1ccc(N(C)c2ncc(Cl)cc2F)cc1. The molecule has 0 bridgehead atoms. The van der Waals surface area contributed by atoms with Crippen molar-refractivity contribution in [2.75, 3.05) is 11.9 Å². The Morgan fingerprint density at radius 2 is 1.88 bits per heavy atom. The third-order valence-corrected chi connectivity index (χ3v) is 2.73. The predicted octanol–water partition coefficient (Wildman–Crippen LogP) is 3.95. The molecule has 0 spiro atoms. The summed E-state index contributed by atoms with van der Waals surface area (Å²) in [5.41, 5.74) is 2.04. The maximum Gasteiger partial charge on any atom is 0.169 e. The van der Waals surface area contributed by atoms with Crippen LogP contribution in [-0.4, -0.2) is 12.0 Å². The van der Waals surface area contributed by atoms with Gasteiger partial charge in [-0.1, -0.05) is 29.3 Å². The third kappa shape index (κ3) is 2.56. The third-order valence-electron chi connectivity index (χ3n) is 2.53. The summed E-state index contributed by atoms with van der Waals surface area (Å²) < 4.78 is 13.7. The second-order valence-corrected chi connectivity index (χ2v) is 4.29. The number of hydrogen-bond donors (Lipinski definition) is 0. The van der Waals surface area contributed by atoms with Crippen LogP contribution in [0, 0.1) is 12.7 Å². The molecular weight excluding hydrogens is 239 g/mol. The van der Waals surface area contributed by atoms with Crippen molar-refractivity contribution in [2.45, 2.75) is 6.92 Å². The lowest BCUT2D eigenvalue weighted by molar-refractivity contribution is 0.621. The highest BCUT2D eigenvalue weighted by atomic mass is 35.5. The van der Waals surface area contributed by atoms with E-state index in [9.17, 15) is 4.39 Å². The zero-order valence-corrected chi connectivity index (χ0v) is 10.4. The van der Waals surface area contributed by atoms with Crippen molar-refractivity contribution in [3.05, 3.63) is 52.9 Å². The van der Waals surface area contributed by atoms with E-state index in [-0.39, 0.29) is 5.82 Å². The Morgan fingerprint density at radius 3 is 2.47 bits per heavy atom. The number of anilines is 2. The predicted molar refractivity (Wildman–Crippen MR) is 68.4 cm³/mol. The molecule has 88 valence electrons. The monoisotopic (exact) mass is 250 g/mol. The van der Waals surface area contributed by atoms with E-state index in [4.69, 9.17) is 11.6 Å². The van der Waals surface area contributed by atoms with Crippen LogP contribution in [0.2, 0.25) is 5.02 Å². The summed E-state index contributed by atoms with van der Waals surface area (Å²) in [6, 6.07) is 9.05. The minimum atomic E-state index is -0.430. The number of halogens is 2. The molecule has 0 aliphatic heterocycles. The largest absolute Gasteiger partial charge is 0.327 e. The second-order valence-electron chi connectivity index (χ2n) is 3.85. The summed E-state index contributed by atoms with van der Waals surface area (Å²) in [7, 11) is 1.77. The van der Waals surface area contributed by atoms with Gasteiger partial charge < -0.3 is 4.90 Å². The molecule has 1 heterocycles. The van der Waals surface area contributed by atoms with Crippen LogP contribution in [0.1, 0.15) is 5.56 Å². The summed E-state index contributed by atoms with van der Waals surface area (Å²) in [6.45, 7) is 2.00. The van der Waals surface area contributed by atoms with Crippen LogP contribution in [-0.2, 0) is 0 Å². The maximum absolute atomic E-state index is 13.7. The van der Waals surface area contributed by atoms with Gasteiger partial charge in [-0.05, 0) is 25.1 Å². The van der Waals surface area contributed by atoms with Crippen LogP contribution in [0.3, 0.4) is 0 Å². The van der Waals surface area contributed by atoms with E-state index >= 15 is 0 Å². The van der Waals surface area contributed by atoms with E-state index in [0.29, 0.717) is 5.02 Å². The van der Waals surface area contributed by atoms with Crippen molar-refractivity contribution in [1.29, 1.82) is 0 Å². The number of pyridine rings is 1. The summed E-state index contributed by atoms with van der Waals surface area (Å²) in [5, 5.41) is 0.295. The maximum atomic E-state index is 13.7. The van der Waals surface area contributed by atoms with Crippen LogP contribution in [0.5, 0.6) is 0 Å². The standard InChI is InChI=1S/C13H12ClFN2/c1-9-3-5-11(6-4-9)17(2)13-12(15)7-10(14)8-16-13/h3-8H,1-2H3. The molecule has 0 saturated heterocycles. The highest BCUT2D eigenvalue weighted by molar-refractivity contribution is 6.30. The van der Waals surface area contributed by atoms with E-state index in [2.05, 4.69) is 4.98 Å². The Kier molecular flexibility index (Phi) is 3.29. The number of aryl methyl sites for hydroxylation is 1. The summed E-state index contributed by atoms with van der Waals surface area (Å²) >= 11 is 5.67. The summed E-state index contributed by atoms with van der Waals surface area (Å²) in [5.74, 6) is -0.168. The topological polar surface area (TPSA) is 16.1 Å². The van der Waals surface area contributed by atoms with Gasteiger partial charge in [0.15, 0.2) is 11.6 Å². The first-order valence-electron chi connectivity index (χ1n) is 5.19. The van der Waals surface area contributed by atoms with Crippen molar-refractivity contribution < 1.29 is 4.39 Å². The van der Waals surface area contributed by atoms with E-state index < -0.39 is 5.82 Å². The van der Waals surface area contributed by atoms with E-state index in [0.717, 1.165) is 11.3 Å². The highest BCUT2D eigenvalue weighted by Gasteiger charge is 2.11. The lowest BCUT2D eigenvalue weighted by Gasteiger charge is -2.18. The van der Waals surface area contributed by atoms with E-state index in [1.807, 2.05) is 31.2 Å². The first-order valence-corrected chi connectivity index (χ1v) is 5.57. The Labute approximate surface area is 105 Å². The minimum Gasteiger partial charge on any atom is -0.327 e. The number of rotatable bonds is 2. The number of nitrogens with zero attached hydrogens (tertiary/aromatic N) is 2. The van der Waals surface area contributed by atoms with Crippen molar-refractivity contribution in [3.63, 3.8) is 0 Å². The van der Waals surface area contributed by atoms with Crippen molar-refractivity contribution >= 4 is 23.1 Å². The molecule has 1 aromatic heterocycles. The second kappa shape index (κ2) is 4.72. The van der Waals surface area contributed by atoms with Crippen molar-refractivity contribution in [1.82, 2.24) is 4.98 Å². The number of hydrogen-bond acceptors (Lipinski definition) is 2. The van der Waals surface area contributed by atoms with Gasteiger partial charge in [0.25, 0.3) is 0 Å². The minimum absolute atomic E-state index is 0.262. The van der Waals surface area contributed by atoms with Crippen LogP contribution in [0.4, 0.5) is 15.9 Å². The molecule has 2 rings (SSSR count). The number of benzene rings is 1. The average molecular weight is 251 g/mol. The van der Waals surface area contributed by atoms with Gasteiger partial charge in [-0.3, -0.25) is 0 Å². The first kappa shape index (κ1) is 11.9. The van der Waals surface area contributed by atoms with Crippen LogP contribution in [0.25, 0.3) is 0 Å².